The molecule has 0 bridgehead atoms. The van der Waals surface area contributed by atoms with Crippen LogP contribution in [0.4, 0.5) is 4.39 Å². The molecule has 0 radical (unpaired) electrons. The third-order valence-electron chi connectivity index (χ3n) is 3.98. The normalized spacial score (nSPS) is 20.9. The standard InChI is InChI=1S/C15H19BBrFO3/c1-14(2)15(3,4)21-16(20-14)11(9-19)5-10-6-12(17)8-13(18)7-10/h5-8,19H,9H2,1-4H3. The van der Waals surface area contributed by atoms with Gasteiger partial charge in [0.25, 0.3) is 0 Å². The van der Waals surface area contributed by atoms with Crippen molar-refractivity contribution in [3.8, 4) is 0 Å². The third kappa shape index (κ3) is 3.56. The van der Waals surface area contributed by atoms with Gasteiger partial charge >= 0.3 is 7.12 Å². The lowest BCUT2D eigenvalue weighted by atomic mass is 9.77. The SMILES string of the molecule is CC1(C)OB(C(=Cc2cc(F)cc(Br)c2)CO)OC1(C)C. The number of halogens is 2. The molecule has 0 spiro atoms. The highest BCUT2D eigenvalue weighted by molar-refractivity contribution is 9.10. The van der Waals surface area contributed by atoms with Gasteiger partial charge in [0.1, 0.15) is 5.82 Å². The molecule has 0 unspecified atom stereocenters. The Hall–Kier alpha value is -0.685. The van der Waals surface area contributed by atoms with Gasteiger partial charge in [-0.15, -0.1) is 0 Å². The van der Waals surface area contributed by atoms with Gasteiger partial charge in [-0.25, -0.2) is 4.39 Å². The van der Waals surface area contributed by atoms with E-state index in [1.807, 2.05) is 27.7 Å². The summed E-state index contributed by atoms with van der Waals surface area (Å²) in [5, 5.41) is 9.59. The van der Waals surface area contributed by atoms with Crippen molar-refractivity contribution < 1.29 is 18.8 Å². The number of aliphatic hydroxyl groups excluding tert-OH is 1. The van der Waals surface area contributed by atoms with Crippen LogP contribution in [0, 0.1) is 5.82 Å². The summed E-state index contributed by atoms with van der Waals surface area (Å²) in [4.78, 5) is 0. The van der Waals surface area contributed by atoms with Crippen molar-refractivity contribution in [2.45, 2.75) is 38.9 Å². The number of benzene rings is 1. The van der Waals surface area contributed by atoms with Crippen molar-refractivity contribution in [1.82, 2.24) is 0 Å². The largest absolute Gasteiger partial charge is 0.492 e. The maximum Gasteiger partial charge on any atom is 0.492 e. The first-order chi connectivity index (χ1) is 9.64. The van der Waals surface area contributed by atoms with Gasteiger partial charge in [0, 0.05) is 4.47 Å². The van der Waals surface area contributed by atoms with Crippen molar-refractivity contribution in [2.75, 3.05) is 6.61 Å². The summed E-state index contributed by atoms with van der Waals surface area (Å²) in [5.41, 5.74) is 0.245. The summed E-state index contributed by atoms with van der Waals surface area (Å²) in [5.74, 6) is -0.346. The zero-order valence-electron chi connectivity index (χ0n) is 12.6. The first-order valence-corrected chi connectivity index (χ1v) is 7.57. The van der Waals surface area contributed by atoms with E-state index in [0.717, 1.165) is 0 Å². The second-order valence-corrected chi connectivity index (χ2v) is 7.08. The molecule has 1 saturated heterocycles. The van der Waals surface area contributed by atoms with Crippen LogP contribution in [0.3, 0.4) is 0 Å². The van der Waals surface area contributed by atoms with E-state index in [4.69, 9.17) is 9.31 Å². The predicted octanol–water partition coefficient (Wildman–Crippen LogP) is 3.60. The Balaban J connectivity index is 2.30. The van der Waals surface area contributed by atoms with Gasteiger partial charge in [-0.2, -0.15) is 0 Å². The smallest absolute Gasteiger partial charge is 0.400 e. The van der Waals surface area contributed by atoms with Crippen LogP contribution in [-0.4, -0.2) is 30.0 Å². The van der Waals surface area contributed by atoms with E-state index in [0.29, 0.717) is 15.5 Å². The van der Waals surface area contributed by atoms with Crippen molar-refractivity contribution in [3.05, 3.63) is 39.5 Å². The molecule has 1 aliphatic rings. The van der Waals surface area contributed by atoms with Crippen LogP contribution < -0.4 is 0 Å². The van der Waals surface area contributed by atoms with Crippen LogP contribution in [0.25, 0.3) is 6.08 Å². The molecule has 1 aromatic rings. The molecule has 1 aliphatic heterocycles. The van der Waals surface area contributed by atoms with Gasteiger partial charge in [0.15, 0.2) is 0 Å². The highest BCUT2D eigenvalue weighted by Crippen LogP contribution is 2.38. The van der Waals surface area contributed by atoms with E-state index >= 15 is 0 Å². The molecule has 6 heteroatoms. The maximum absolute atomic E-state index is 13.4. The summed E-state index contributed by atoms with van der Waals surface area (Å²) >= 11 is 3.25. The maximum atomic E-state index is 13.4. The average molecular weight is 357 g/mol. The average Bonchev–Trinajstić information content (AvgIpc) is 2.54. The molecule has 1 aromatic carbocycles. The van der Waals surface area contributed by atoms with Gasteiger partial charge in [0.2, 0.25) is 0 Å². The number of rotatable bonds is 3. The van der Waals surface area contributed by atoms with Gasteiger partial charge in [0.05, 0.1) is 17.8 Å². The summed E-state index contributed by atoms with van der Waals surface area (Å²) in [7, 11) is -0.637. The van der Waals surface area contributed by atoms with Crippen LogP contribution in [0.1, 0.15) is 33.3 Å². The molecular formula is C15H19BBrFO3. The van der Waals surface area contributed by atoms with E-state index in [1.54, 1.807) is 12.1 Å². The minimum Gasteiger partial charge on any atom is -0.400 e. The van der Waals surface area contributed by atoms with E-state index in [2.05, 4.69) is 15.9 Å². The van der Waals surface area contributed by atoms with Crippen LogP contribution in [0.15, 0.2) is 28.1 Å². The number of aliphatic hydroxyl groups is 1. The lowest BCUT2D eigenvalue weighted by Gasteiger charge is -2.32. The quantitative estimate of drug-likeness (QED) is 0.841. The Morgan fingerprint density at radius 1 is 1.24 bits per heavy atom. The van der Waals surface area contributed by atoms with E-state index in [-0.39, 0.29) is 12.4 Å². The van der Waals surface area contributed by atoms with Gasteiger partial charge in [-0.1, -0.05) is 22.0 Å². The molecule has 114 valence electrons. The molecule has 0 saturated carbocycles. The first kappa shape index (κ1) is 16.7. The molecule has 0 amide bonds. The van der Waals surface area contributed by atoms with Crippen LogP contribution in [0.5, 0.6) is 0 Å². The lowest BCUT2D eigenvalue weighted by molar-refractivity contribution is 0.00578. The van der Waals surface area contributed by atoms with Crippen molar-refractivity contribution in [2.24, 2.45) is 0 Å². The summed E-state index contributed by atoms with van der Waals surface area (Å²) in [6.07, 6.45) is 1.69. The van der Waals surface area contributed by atoms with Gasteiger partial charge < -0.3 is 14.4 Å². The summed E-state index contributed by atoms with van der Waals surface area (Å²) < 4.78 is 25.8. The molecule has 3 nitrogen and oxygen atoms in total. The van der Waals surface area contributed by atoms with Crippen molar-refractivity contribution >= 4 is 29.1 Å². The van der Waals surface area contributed by atoms with Gasteiger partial charge in [-0.05, 0) is 56.9 Å². The lowest BCUT2D eigenvalue weighted by Crippen LogP contribution is -2.41. The zero-order chi connectivity index (χ0) is 15.8. The highest BCUT2D eigenvalue weighted by atomic mass is 79.9. The molecule has 21 heavy (non-hydrogen) atoms. The zero-order valence-corrected chi connectivity index (χ0v) is 14.2. The third-order valence-corrected chi connectivity index (χ3v) is 4.43. The fourth-order valence-corrected chi connectivity index (χ4v) is 2.54. The van der Waals surface area contributed by atoms with Gasteiger partial charge in [-0.3, -0.25) is 0 Å². The number of hydrogen-bond acceptors (Lipinski definition) is 3. The fraction of sp³-hybridized carbons (Fsp3) is 0.467. The number of hydrogen-bond donors (Lipinski definition) is 1. The predicted molar refractivity (Wildman–Crippen MR) is 85.2 cm³/mol. The second kappa shape index (κ2) is 5.84. The molecule has 1 N–H and O–H groups in total. The Kier molecular flexibility index (Phi) is 4.64. The fourth-order valence-electron chi connectivity index (χ4n) is 2.06. The topological polar surface area (TPSA) is 38.7 Å². The molecule has 1 fully saturated rings. The Labute approximate surface area is 133 Å². The molecule has 2 rings (SSSR count). The highest BCUT2D eigenvalue weighted by Gasteiger charge is 2.52. The minimum absolute atomic E-state index is 0.217. The minimum atomic E-state index is -0.637. The first-order valence-electron chi connectivity index (χ1n) is 6.78. The summed E-state index contributed by atoms with van der Waals surface area (Å²) in [6, 6.07) is 4.54. The Morgan fingerprint density at radius 2 is 1.81 bits per heavy atom. The molecule has 0 atom stereocenters. The van der Waals surface area contributed by atoms with Crippen LogP contribution >= 0.6 is 15.9 Å². The molecule has 1 heterocycles. The van der Waals surface area contributed by atoms with Crippen molar-refractivity contribution in [3.63, 3.8) is 0 Å². The van der Waals surface area contributed by atoms with E-state index < -0.39 is 18.3 Å². The van der Waals surface area contributed by atoms with E-state index in [9.17, 15) is 9.50 Å². The molecule has 0 aliphatic carbocycles. The molecular weight excluding hydrogens is 338 g/mol. The van der Waals surface area contributed by atoms with Crippen molar-refractivity contribution in [1.29, 1.82) is 0 Å². The molecule has 0 aromatic heterocycles. The Bertz CT molecular complexity index is 536. The monoisotopic (exact) mass is 356 g/mol. The summed E-state index contributed by atoms with van der Waals surface area (Å²) in [6.45, 7) is 7.56. The van der Waals surface area contributed by atoms with Crippen LogP contribution in [-0.2, 0) is 9.31 Å². The van der Waals surface area contributed by atoms with E-state index in [1.165, 1.54) is 12.1 Å². The second-order valence-electron chi connectivity index (χ2n) is 6.17. The Morgan fingerprint density at radius 3 is 2.29 bits per heavy atom. The van der Waals surface area contributed by atoms with Crippen LogP contribution in [0.2, 0.25) is 0 Å².